The van der Waals surface area contributed by atoms with E-state index in [0.29, 0.717) is 6.61 Å². The summed E-state index contributed by atoms with van der Waals surface area (Å²) in [6.45, 7) is 3.53. The normalized spacial score (nSPS) is 11.6. The van der Waals surface area contributed by atoms with Gasteiger partial charge in [0.2, 0.25) is 0 Å². The van der Waals surface area contributed by atoms with Crippen molar-refractivity contribution in [2.75, 3.05) is 13.7 Å². The summed E-state index contributed by atoms with van der Waals surface area (Å²) in [5.74, 6) is 2.52. The molecule has 0 spiro atoms. The van der Waals surface area contributed by atoms with E-state index in [2.05, 4.69) is 47.1 Å². The van der Waals surface area contributed by atoms with Gasteiger partial charge in [-0.3, -0.25) is 0 Å². The number of nitrogens with zero attached hydrogens (tertiary/aromatic N) is 2. The molecule has 0 radical (unpaired) electrons. The summed E-state index contributed by atoms with van der Waals surface area (Å²) in [6.07, 6.45) is 10.2. The van der Waals surface area contributed by atoms with Crippen LogP contribution in [0.15, 0.2) is 78.9 Å². The van der Waals surface area contributed by atoms with Crippen LogP contribution in [-0.2, 0) is 6.54 Å². The van der Waals surface area contributed by atoms with Crippen LogP contribution in [0.3, 0.4) is 0 Å². The Morgan fingerprint density at radius 3 is 2.45 bits per heavy atom. The fraction of sp³-hybridized carbons (Fsp3) is 0.207. The summed E-state index contributed by atoms with van der Waals surface area (Å²) in [5.41, 5.74) is 4.45. The predicted molar refractivity (Wildman–Crippen MR) is 138 cm³/mol. The van der Waals surface area contributed by atoms with Crippen LogP contribution >= 0.6 is 0 Å². The number of benzene rings is 3. The fourth-order valence-electron chi connectivity index (χ4n) is 3.84. The molecule has 4 rings (SSSR count). The van der Waals surface area contributed by atoms with Crippen molar-refractivity contribution in [2.45, 2.75) is 26.3 Å². The molecule has 0 N–H and O–H groups in total. The van der Waals surface area contributed by atoms with Crippen molar-refractivity contribution in [1.29, 1.82) is 0 Å². The highest BCUT2D eigenvalue weighted by atomic mass is 16.5. The molecule has 0 amide bonds. The topological polar surface area (TPSA) is 36.3 Å². The number of ether oxygens (including phenoxy) is 2. The number of allylic oxidation sites excluding steroid dienone is 1. The number of fused-ring (bicyclic) bond motifs is 1. The lowest BCUT2D eigenvalue weighted by Gasteiger charge is -2.12. The summed E-state index contributed by atoms with van der Waals surface area (Å²) in [6, 6.07) is 24.6. The zero-order valence-corrected chi connectivity index (χ0v) is 19.3. The van der Waals surface area contributed by atoms with Gasteiger partial charge in [-0.05, 0) is 61.2 Å². The third-order valence-corrected chi connectivity index (χ3v) is 5.49. The number of aryl methyl sites for hydroxylation is 1. The Labute approximate surface area is 195 Å². The van der Waals surface area contributed by atoms with Crippen LogP contribution in [0.4, 0.5) is 0 Å². The van der Waals surface area contributed by atoms with Gasteiger partial charge in [0.1, 0.15) is 5.82 Å². The van der Waals surface area contributed by atoms with Gasteiger partial charge in [0.15, 0.2) is 11.5 Å². The van der Waals surface area contributed by atoms with Gasteiger partial charge in [-0.2, -0.15) is 0 Å². The molecule has 0 saturated heterocycles. The van der Waals surface area contributed by atoms with E-state index in [1.54, 1.807) is 7.11 Å². The molecule has 0 unspecified atom stereocenters. The Morgan fingerprint density at radius 2 is 1.64 bits per heavy atom. The molecule has 0 aliphatic heterocycles. The second-order valence-electron chi connectivity index (χ2n) is 7.82. The van der Waals surface area contributed by atoms with E-state index in [1.165, 1.54) is 5.56 Å². The van der Waals surface area contributed by atoms with Crippen LogP contribution in [0.1, 0.15) is 36.7 Å². The molecule has 0 aliphatic rings. The maximum absolute atomic E-state index is 6.02. The molecule has 0 aliphatic carbocycles. The van der Waals surface area contributed by atoms with Crippen LogP contribution < -0.4 is 9.47 Å². The molecule has 4 heteroatoms. The molecule has 0 atom stereocenters. The molecule has 4 aromatic rings. The van der Waals surface area contributed by atoms with Crippen molar-refractivity contribution in [3.05, 3.63) is 95.8 Å². The lowest BCUT2D eigenvalue weighted by atomic mass is 10.2. The molecule has 0 fully saturated rings. The van der Waals surface area contributed by atoms with Gasteiger partial charge in [0.25, 0.3) is 0 Å². The van der Waals surface area contributed by atoms with Gasteiger partial charge in [-0.15, -0.1) is 0 Å². The second-order valence-corrected chi connectivity index (χ2v) is 7.82. The van der Waals surface area contributed by atoms with Crippen molar-refractivity contribution in [1.82, 2.24) is 9.55 Å². The number of aromatic nitrogens is 2. The number of hydrogen-bond acceptors (Lipinski definition) is 3. The van der Waals surface area contributed by atoms with E-state index in [4.69, 9.17) is 14.5 Å². The van der Waals surface area contributed by atoms with Crippen LogP contribution in [0, 0.1) is 0 Å². The standard InChI is InChI=1S/C29H30N2O2/c1-3-11-24-16-18-27(28(22-24)32-2)33-21-10-9-20-31-26-15-8-7-14-25(26)30-29(31)19-17-23-12-5-4-6-13-23/h3-8,11-19,22H,9-10,20-21H2,1-2H3/b11-3+,19-17+. The molecule has 0 bridgehead atoms. The SMILES string of the molecule is C/C=C/c1ccc(OCCCCn2c(/C=C/c3ccccc3)nc3ccccc32)c(OC)c1. The number of hydrogen-bond donors (Lipinski definition) is 0. The van der Waals surface area contributed by atoms with Crippen molar-refractivity contribution in [3.63, 3.8) is 0 Å². The van der Waals surface area contributed by atoms with Gasteiger partial charge in [-0.25, -0.2) is 4.98 Å². The minimum absolute atomic E-state index is 0.640. The summed E-state index contributed by atoms with van der Waals surface area (Å²) < 4.78 is 13.8. The van der Waals surface area contributed by atoms with Crippen molar-refractivity contribution < 1.29 is 9.47 Å². The maximum Gasteiger partial charge on any atom is 0.161 e. The van der Waals surface area contributed by atoms with E-state index in [-0.39, 0.29) is 0 Å². The quantitative estimate of drug-likeness (QED) is 0.248. The van der Waals surface area contributed by atoms with Gasteiger partial charge >= 0.3 is 0 Å². The molecule has 33 heavy (non-hydrogen) atoms. The van der Waals surface area contributed by atoms with Crippen molar-refractivity contribution in [2.24, 2.45) is 0 Å². The van der Waals surface area contributed by atoms with Gasteiger partial charge in [0, 0.05) is 6.54 Å². The molecule has 4 nitrogen and oxygen atoms in total. The highest BCUT2D eigenvalue weighted by molar-refractivity contribution is 5.79. The average Bonchev–Trinajstić information content (AvgIpc) is 3.21. The zero-order valence-electron chi connectivity index (χ0n) is 19.3. The number of methoxy groups -OCH3 is 1. The monoisotopic (exact) mass is 438 g/mol. The smallest absolute Gasteiger partial charge is 0.161 e. The average molecular weight is 439 g/mol. The first-order valence-corrected chi connectivity index (χ1v) is 11.4. The van der Waals surface area contributed by atoms with E-state index in [1.807, 2.05) is 61.5 Å². The van der Waals surface area contributed by atoms with E-state index < -0.39 is 0 Å². The molecular formula is C29H30N2O2. The fourth-order valence-corrected chi connectivity index (χ4v) is 3.84. The third kappa shape index (κ3) is 5.72. The van der Waals surface area contributed by atoms with Crippen molar-refractivity contribution in [3.8, 4) is 11.5 Å². The Bertz CT molecular complexity index is 1240. The van der Waals surface area contributed by atoms with Gasteiger partial charge < -0.3 is 14.0 Å². The molecule has 0 saturated carbocycles. The summed E-state index contributed by atoms with van der Waals surface area (Å²) in [7, 11) is 1.68. The Balaban J connectivity index is 1.40. The van der Waals surface area contributed by atoms with E-state index >= 15 is 0 Å². The van der Waals surface area contributed by atoms with Crippen LogP contribution in [0.25, 0.3) is 29.3 Å². The zero-order chi connectivity index (χ0) is 22.9. The first kappa shape index (κ1) is 22.4. The largest absolute Gasteiger partial charge is 0.493 e. The van der Waals surface area contributed by atoms with Crippen LogP contribution in [0.2, 0.25) is 0 Å². The van der Waals surface area contributed by atoms with Gasteiger partial charge in [-0.1, -0.05) is 66.8 Å². The minimum atomic E-state index is 0.640. The molecule has 168 valence electrons. The number of imidazole rings is 1. The Morgan fingerprint density at radius 1 is 0.818 bits per heavy atom. The van der Waals surface area contributed by atoms with E-state index in [9.17, 15) is 0 Å². The number of para-hydroxylation sites is 2. The van der Waals surface area contributed by atoms with E-state index in [0.717, 1.165) is 53.3 Å². The first-order chi connectivity index (χ1) is 16.3. The Kier molecular flexibility index (Phi) is 7.60. The Hall–Kier alpha value is -3.79. The lowest BCUT2D eigenvalue weighted by molar-refractivity contribution is 0.284. The van der Waals surface area contributed by atoms with Crippen LogP contribution in [-0.4, -0.2) is 23.3 Å². The maximum atomic E-state index is 6.02. The van der Waals surface area contributed by atoms with Crippen LogP contribution in [0.5, 0.6) is 11.5 Å². The third-order valence-electron chi connectivity index (χ3n) is 5.49. The van der Waals surface area contributed by atoms with Crippen molar-refractivity contribution >= 4 is 29.3 Å². The predicted octanol–water partition coefficient (Wildman–Crippen LogP) is 7.11. The number of rotatable bonds is 10. The minimum Gasteiger partial charge on any atom is -0.493 e. The summed E-state index contributed by atoms with van der Waals surface area (Å²) in [5, 5.41) is 0. The molecule has 1 aromatic heterocycles. The lowest BCUT2D eigenvalue weighted by Crippen LogP contribution is -2.04. The summed E-state index contributed by atoms with van der Waals surface area (Å²) >= 11 is 0. The highest BCUT2D eigenvalue weighted by Gasteiger charge is 2.09. The summed E-state index contributed by atoms with van der Waals surface area (Å²) in [4.78, 5) is 4.84. The molecule has 3 aromatic carbocycles. The van der Waals surface area contributed by atoms with Gasteiger partial charge in [0.05, 0.1) is 24.8 Å². The highest BCUT2D eigenvalue weighted by Crippen LogP contribution is 2.29. The second kappa shape index (κ2) is 11.2. The number of unbranched alkanes of at least 4 members (excludes halogenated alkanes) is 1. The molecule has 1 heterocycles. The molecular weight excluding hydrogens is 408 g/mol. The first-order valence-electron chi connectivity index (χ1n) is 11.4.